The molecule has 0 saturated carbocycles. The number of rotatable bonds is 5. The molecule has 1 nitrogen and oxygen atoms in total. The van der Waals surface area contributed by atoms with Gasteiger partial charge in [-0.15, -0.1) is 0 Å². The van der Waals surface area contributed by atoms with Gasteiger partial charge in [0.25, 0.3) is 0 Å². The van der Waals surface area contributed by atoms with Gasteiger partial charge in [-0.05, 0) is 26.7 Å². The molecule has 1 N–H and O–H groups in total. The van der Waals surface area contributed by atoms with Gasteiger partial charge in [0.05, 0.1) is 6.10 Å². The van der Waals surface area contributed by atoms with E-state index in [0.717, 1.165) is 12.8 Å². The van der Waals surface area contributed by atoms with Crippen LogP contribution in [0.25, 0.3) is 0 Å². The van der Waals surface area contributed by atoms with Crippen molar-refractivity contribution < 1.29 is 5.11 Å². The van der Waals surface area contributed by atoms with Gasteiger partial charge in [0, 0.05) is 0 Å². The molecule has 0 rings (SSSR count). The van der Waals surface area contributed by atoms with E-state index in [9.17, 15) is 0 Å². The fraction of sp³-hybridized carbons (Fsp3) is 0.455. The highest BCUT2D eigenvalue weighted by molar-refractivity contribution is 5.10. The maximum absolute atomic E-state index is 9.13. The Morgan fingerprint density at radius 1 is 1.58 bits per heavy atom. The van der Waals surface area contributed by atoms with E-state index in [4.69, 9.17) is 5.11 Å². The van der Waals surface area contributed by atoms with Crippen molar-refractivity contribution in [2.75, 3.05) is 0 Å². The molecule has 0 saturated heterocycles. The summed E-state index contributed by atoms with van der Waals surface area (Å²) in [5.74, 6) is 0. The third-order valence-electron chi connectivity index (χ3n) is 1.62. The van der Waals surface area contributed by atoms with Gasteiger partial charge < -0.3 is 5.11 Å². The summed E-state index contributed by atoms with van der Waals surface area (Å²) in [6.07, 6.45) is 9.21. The molecule has 0 aromatic heterocycles. The van der Waals surface area contributed by atoms with Crippen LogP contribution in [0, 0.1) is 0 Å². The first-order chi connectivity index (χ1) is 5.70. The second-order valence-corrected chi connectivity index (χ2v) is 2.87. The molecule has 0 aromatic rings. The summed E-state index contributed by atoms with van der Waals surface area (Å²) < 4.78 is 0. The highest BCUT2D eigenvalue weighted by Crippen LogP contribution is 2.10. The molecule has 0 fully saturated rings. The van der Waals surface area contributed by atoms with Gasteiger partial charge in [0.15, 0.2) is 0 Å². The third kappa shape index (κ3) is 5.93. The fourth-order valence-electron chi connectivity index (χ4n) is 1.01. The second-order valence-electron chi connectivity index (χ2n) is 2.87. The van der Waals surface area contributed by atoms with Gasteiger partial charge in [-0.3, -0.25) is 0 Å². The van der Waals surface area contributed by atoms with Crippen molar-refractivity contribution in [3.8, 4) is 0 Å². The van der Waals surface area contributed by atoms with Gasteiger partial charge in [0.2, 0.25) is 0 Å². The molecule has 1 heteroatoms. The van der Waals surface area contributed by atoms with Crippen LogP contribution >= 0.6 is 0 Å². The van der Waals surface area contributed by atoms with Crippen LogP contribution in [0.5, 0.6) is 0 Å². The van der Waals surface area contributed by atoms with Crippen LogP contribution < -0.4 is 0 Å². The van der Waals surface area contributed by atoms with Crippen molar-refractivity contribution in [1.82, 2.24) is 0 Å². The maximum atomic E-state index is 9.13. The molecule has 0 spiro atoms. The maximum Gasteiger partial charge on any atom is 0.0549 e. The van der Waals surface area contributed by atoms with E-state index < -0.39 is 0 Å². The summed E-state index contributed by atoms with van der Waals surface area (Å²) in [7, 11) is 0. The number of allylic oxidation sites excluding steroid dienone is 4. The Labute approximate surface area is 75.1 Å². The molecule has 0 heterocycles. The molecule has 0 aliphatic carbocycles. The van der Waals surface area contributed by atoms with E-state index in [1.54, 1.807) is 13.0 Å². The normalized spacial score (nSPS) is 15.1. The SMILES string of the molecule is C=C/C=C\C/C(=C\C)CC(C)O. The van der Waals surface area contributed by atoms with E-state index in [0.29, 0.717) is 0 Å². The molecule has 0 aliphatic rings. The molecule has 0 aromatic carbocycles. The highest BCUT2D eigenvalue weighted by atomic mass is 16.3. The standard InChI is InChI=1S/C11H18O/c1-4-6-7-8-11(5-2)9-10(3)12/h4-7,10,12H,1,8-9H2,2-3H3/b7-6-,11-5+. The largest absolute Gasteiger partial charge is 0.393 e. The molecule has 68 valence electrons. The topological polar surface area (TPSA) is 20.2 Å². The lowest BCUT2D eigenvalue weighted by atomic mass is 10.1. The van der Waals surface area contributed by atoms with Crippen molar-refractivity contribution in [2.24, 2.45) is 0 Å². The summed E-state index contributed by atoms with van der Waals surface area (Å²) in [5.41, 5.74) is 1.27. The highest BCUT2D eigenvalue weighted by Gasteiger charge is 1.98. The minimum atomic E-state index is -0.242. The first-order valence-electron chi connectivity index (χ1n) is 4.30. The van der Waals surface area contributed by atoms with Crippen molar-refractivity contribution in [2.45, 2.75) is 32.8 Å². The smallest absolute Gasteiger partial charge is 0.0549 e. The van der Waals surface area contributed by atoms with Gasteiger partial charge in [-0.1, -0.05) is 36.5 Å². The first kappa shape index (κ1) is 11.2. The van der Waals surface area contributed by atoms with Gasteiger partial charge in [-0.25, -0.2) is 0 Å². The summed E-state index contributed by atoms with van der Waals surface area (Å²) in [5, 5.41) is 9.13. The van der Waals surface area contributed by atoms with Crippen LogP contribution in [-0.4, -0.2) is 11.2 Å². The number of aliphatic hydroxyl groups is 1. The van der Waals surface area contributed by atoms with Crippen LogP contribution in [-0.2, 0) is 0 Å². The second kappa shape index (κ2) is 6.86. The molecule has 12 heavy (non-hydrogen) atoms. The van der Waals surface area contributed by atoms with Crippen molar-refractivity contribution in [3.63, 3.8) is 0 Å². The minimum Gasteiger partial charge on any atom is -0.393 e. The Balaban J connectivity index is 3.85. The minimum absolute atomic E-state index is 0.242. The Kier molecular flexibility index (Phi) is 6.39. The Bertz CT molecular complexity index is 175. The van der Waals surface area contributed by atoms with Gasteiger partial charge in [0.1, 0.15) is 0 Å². The van der Waals surface area contributed by atoms with Crippen LogP contribution in [0.1, 0.15) is 26.7 Å². The lowest BCUT2D eigenvalue weighted by Crippen LogP contribution is -2.00. The van der Waals surface area contributed by atoms with E-state index in [1.165, 1.54) is 5.57 Å². The Hall–Kier alpha value is -0.820. The molecular formula is C11H18O. The fourth-order valence-corrected chi connectivity index (χ4v) is 1.01. The van der Waals surface area contributed by atoms with Crippen LogP contribution in [0.15, 0.2) is 36.5 Å². The monoisotopic (exact) mass is 166 g/mol. The average molecular weight is 166 g/mol. The summed E-state index contributed by atoms with van der Waals surface area (Å²) >= 11 is 0. The predicted octanol–water partition coefficient (Wildman–Crippen LogP) is 2.84. The molecule has 1 unspecified atom stereocenters. The van der Waals surface area contributed by atoms with E-state index in [1.807, 2.05) is 19.1 Å². The summed E-state index contributed by atoms with van der Waals surface area (Å²) in [6, 6.07) is 0. The number of hydrogen-bond acceptors (Lipinski definition) is 1. The molecule has 0 aliphatic heterocycles. The molecule has 0 bridgehead atoms. The molecular weight excluding hydrogens is 148 g/mol. The molecule has 0 amide bonds. The van der Waals surface area contributed by atoms with Crippen LogP contribution in [0.4, 0.5) is 0 Å². The van der Waals surface area contributed by atoms with Crippen molar-refractivity contribution in [1.29, 1.82) is 0 Å². The van der Waals surface area contributed by atoms with E-state index >= 15 is 0 Å². The Morgan fingerprint density at radius 2 is 2.25 bits per heavy atom. The van der Waals surface area contributed by atoms with Gasteiger partial charge >= 0.3 is 0 Å². The summed E-state index contributed by atoms with van der Waals surface area (Å²) in [4.78, 5) is 0. The number of aliphatic hydroxyl groups excluding tert-OH is 1. The molecule has 0 radical (unpaired) electrons. The zero-order valence-electron chi connectivity index (χ0n) is 7.96. The van der Waals surface area contributed by atoms with E-state index in [-0.39, 0.29) is 6.10 Å². The van der Waals surface area contributed by atoms with Crippen molar-refractivity contribution in [3.05, 3.63) is 36.5 Å². The zero-order valence-corrected chi connectivity index (χ0v) is 7.96. The van der Waals surface area contributed by atoms with Gasteiger partial charge in [-0.2, -0.15) is 0 Å². The third-order valence-corrected chi connectivity index (χ3v) is 1.62. The average Bonchev–Trinajstić information content (AvgIpc) is 2.02. The van der Waals surface area contributed by atoms with Crippen LogP contribution in [0.3, 0.4) is 0 Å². The Morgan fingerprint density at radius 3 is 2.67 bits per heavy atom. The van der Waals surface area contributed by atoms with Crippen molar-refractivity contribution >= 4 is 0 Å². The first-order valence-corrected chi connectivity index (χ1v) is 4.30. The van der Waals surface area contributed by atoms with E-state index in [2.05, 4.69) is 12.7 Å². The summed E-state index contributed by atoms with van der Waals surface area (Å²) in [6.45, 7) is 7.39. The molecule has 1 atom stereocenters. The van der Waals surface area contributed by atoms with Crippen LogP contribution in [0.2, 0.25) is 0 Å². The lowest BCUT2D eigenvalue weighted by molar-refractivity contribution is 0.194. The lowest BCUT2D eigenvalue weighted by Gasteiger charge is -2.05. The number of hydrogen-bond donors (Lipinski definition) is 1. The zero-order chi connectivity index (χ0) is 9.40. The quantitative estimate of drug-likeness (QED) is 0.492. The predicted molar refractivity (Wildman–Crippen MR) is 54.0 cm³/mol.